The zero-order chi connectivity index (χ0) is 10.6. The average Bonchev–Trinajstić information content (AvgIpc) is 2.19. The molecule has 0 amide bonds. The van der Waals surface area contributed by atoms with Gasteiger partial charge in [0.15, 0.2) is 0 Å². The van der Waals surface area contributed by atoms with Crippen molar-refractivity contribution in [2.24, 2.45) is 11.5 Å². The molecule has 3 nitrogen and oxygen atoms in total. The molecule has 14 heavy (non-hydrogen) atoms. The zero-order valence-corrected chi connectivity index (χ0v) is 8.79. The van der Waals surface area contributed by atoms with Crippen molar-refractivity contribution >= 4 is 0 Å². The van der Waals surface area contributed by atoms with E-state index in [1.807, 2.05) is 31.2 Å². The minimum atomic E-state index is -0.325. The van der Waals surface area contributed by atoms with Gasteiger partial charge in [-0.05, 0) is 31.0 Å². The molecule has 3 heteroatoms. The lowest BCUT2D eigenvalue weighted by Crippen LogP contribution is -2.45. The molecule has 0 saturated carbocycles. The van der Waals surface area contributed by atoms with Gasteiger partial charge in [0.2, 0.25) is 0 Å². The summed E-state index contributed by atoms with van der Waals surface area (Å²) in [6, 6.07) is 7.89. The van der Waals surface area contributed by atoms with Crippen LogP contribution in [0.3, 0.4) is 0 Å². The van der Waals surface area contributed by atoms with Crippen LogP contribution in [-0.2, 0) is 6.42 Å². The smallest absolute Gasteiger partial charge is 0.118 e. The lowest BCUT2D eigenvalue weighted by Gasteiger charge is -2.22. The molecule has 1 aromatic carbocycles. The van der Waals surface area contributed by atoms with Gasteiger partial charge in [0.1, 0.15) is 5.75 Å². The zero-order valence-electron chi connectivity index (χ0n) is 8.79. The van der Waals surface area contributed by atoms with Gasteiger partial charge in [-0.3, -0.25) is 0 Å². The van der Waals surface area contributed by atoms with E-state index in [1.54, 1.807) is 7.11 Å². The fourth-order valence-corrected chi connectivity index (χ4v) is 1.28. The van der Waals surface area contributed by atoms with Crippen molar-refractivity contribution in [2.45, 2.75) is 18.9 Å². The average molecular weight is 194 g/mol. The molecule has 1 unspecified atom stereocenters. The van der Waals surface area contributed by atoms with E-state index >= 15 is 0 Å². The second-order valence-electron chi connectivity index (χ2n) is 3.88. The van der Waals surface area contributed by atoms with Crippen LogP contribution in [0.25, 0.3) is 0 Å². The number of benzene rings is 1. The van der Waals surface area contributed by atoms with Gasteiger partial charge >= 0.3 is 0 Å². The molecule has 1 atom stereocenters. The predicted octanol–water partition coefficient (Wildman–Crippen LogP) is 0.914. The molecule has 0 radical (unpaired) electrons. The molecule has 0 heterocycles. The molecular weight excluding hydrogens is 176 g/mol. The van der Waals surface area contributed by atoms with E-state index in [4.69, 9.17) is 16.2 Å². The molecule has 0 fully saturated rings. The Kier molecular flexibility index (Phi) is 3.49. The highest BCUT2D eigenvalue weighted by atomic mass is 16.5. The highest BCUT2D eigenvalue weighted by Gasteiger charge is 2.16. The van der Waals surface area contributed by atoms with Gasteiger partial charge in [-0.25, -0.2) is 0 Å². The fourth-order valence-electron chi connectivity index (χ4n) is 1.28. The third-order valence-electron chi connectivity index (χ3n) is 2.23. The summed E-state index contributed by atoms with van der Waals surface area (Å²) in [4.78, 5) is 0. The van der Waals surface area contributed by atoms with Crippen LogP contribution in [0.5, 0.6) is 5.75 Å². The number of rotatable bonds is 4. The number of ether oxygens (including phenoxy) is 1. The van der Waals surface area contributed by atoms with Crippen LogP contribution in [0.2, 0.25) is 0 Å². The van der Waals surface area contributed by atoms with Crippen molar-refractivity contribution < 1.29 is 4.74 Å². The number of hydrogen-bond donors (Lipinski definition) is 2. The highest BCUT2D eigenvalue weighted by Crippen LogP contribution is 2.14. The van der Waals surface area contributed by atoms with E-state index in [9.17, 15) is 0 Å². The molecule has 1 rings (SSSR count). The Morgan fingerprint density at radius 3 is 2.29 bits per heavy atom. The van der Waals surface area contributed by atoms with Gasteiger partial charge in [0.25, 0.3) is 0 Å². The summed E-state index contributed by atoms with van der Waals surface area (Å²) in [7, 11) is 1.65. The van der Waals surface area contributed by atoms with Crippen LogP contribution in [-0.4, -0.2) is 19.2 Å². The summed E-state index contributed by atoms with van der Waals surface area (Å²) in [5.41, 5.74) is 12.4. The number of hydrogen-bond acceptors (Lipinski definition) is 3. The first-order chi connectivity index (χ1) is 6.57. The summed E-state index contributed by atoms with van der Waals surface area (Å²) in [6.07, 6.45) is 0.785. The van der Waals surface area contributed by atoms with Gasteiger partial charge < -0.3 is 16.2 Å². The van der Waals surface area contributed by atoms with Crippen LogP contribution in [0.15, 0.2) is 24.3 Å². The van der Waals surface area contributed by atoms with E-state index in [1.165, 1.54) is 5.56 Å². The topological polar surface area (TPSA) is 61.3 Å². The van der Waals surface area contributed by atoms with Crippen LogP contribution in [0.1, 0.15) is 12.5 Å². The first-order valence-electron chi connectivity index (χ1n) is 4.69. The van der Waals surface area contributed by atoms with Crippen molar-refractivity contribution in [3.8, 4) is 5.75 Å². The van der Waals surface area contributed by atoms with Crippen LogP contribution < -0.4 is 16.2 Å². The van der Waals surface area contributed by atoms with Crippen molar-refractivity contribution in [1.29, 1.82) is 0 Å². The third-order valence-corrected chi connectivity index (χ3v) is 2.23. The first kappa shape index (κ1) is 11.0. The molecule has 78 valence electrons. The number of nitrogens with two attached hydrogens (primary N) is 2. The van der Waals surface area contributed by atoms with E-state index in [0.29, 0.717) is 6.54 Å². The maximum absolute atomic E-state index is 5.96. The Balaban J connectivity index is 2.69. The molecule has 0 aliphatic carbocycles. The van der Waals surface area contributed by atoms with E-state index < -0.39 is 0 Å². The predicted molar refractivity (Wildman–Crippen MR) is 58.3 cm³/mol. The van der Waals surface area contributed by atoms with E-state index in [0.717, 1.165) is 12.2 Å². The molecular formula is C11H18N2O. The van der Waals surface area contributed by atoms with E-state index in [-0.39, 0.29) is 5.54 Å². The van der Waals surface area contributed by atoms with Gasteiger partial charge in [-0.1, -0.05) is 12.1 Å². The normalized spacial score (nSPS) is 14.9. The van der Waals surface area contributed by atoms with Crippen LogP contribution in [0.4, 0.5) is 0 Å². The van der Waals surface area contributed by atoms with Crippen molar-refractivity contribution in [3.05, 3.63) is 29.8 Å². The standard InChI is InChI=1S/C11H18N2O/c1-11(13,8-12)7-9-3-5-10(14-2)6-4-9/h3-6H,7-8,12-13H2,1-2H3. The van der Waals surface area contributed by atoms with Gasteiger partial charge in [0, 0.05) is 12.1 Å². The summed E-state index contributed by atoms with van der Waals surface area (Å²) >= 11 is 0. The Morgan fingerprint density at radius 2 is 1.86 bits per heavy atom. The Hall–Kier alpha value is -1.06. The second kappa shape index (κ2) is 4.44. The summed E-state index contributed by atoms with van der Waals surface area (Å²) in [5, 5.41) is 0. The first-order valence-corrected chi connectivity index (χ1v) is 4.69. The maximum atomic E-state index is 5.96. The molecule has 0 aliphatic rings. The van der Waals surface area contributed by atoms with Crippen LogP contribution >= 0.6 is 0 Å². The molecule has 4 N–H and O–H groups in total. The molecule has 0 spiro atoms. The number of methoxy groups -OCH3 is 1. The highest BCUT2D eigenvalue weighted by molar-refractivity contribution is 5.28. The SMILES string of the molecule is COc1ccc(CC(C)(N)CN)cc1. The monoisotopic (exact) mass is 194 g/mol. The minimum Gasteiger partial charge on any atom is -0.497 e. The fraction of sp³-hybridized carbons (Fsp3) is 0.455. The Labute approximate surface area is 85.0 Å². The largest absolute Gasteiger partial charge is 0.497 e. The van der Waals surface area contributed by atoms with Gasteiger partial charge in [-0.2, -0.15) is 0 Å². The summed E-state index contributed by atoms with van der Waals surface area (Å²) < 4.78 is 5.07. The maximum Gasteiger partial charge on any atom is 0.118 e. The lowest BCUT2D eigenvalue weighted by atomic mass is 9.94. The Bertz CT molecular complexity index is 280. The van der Waals surface area contributed by atoms with E-state index in [2.05, 4.69) is 0 Å². The molecule has 1 aromatic rings. The lowest BCUT2D eigenvalue weighted by molar-refractivity contribution is 0.414. The van der Waals surface area contributed by atoms with Gasteiger partial charge in [0.05, 0.1) is 7.11 Å². The van der Waals surface area contributed by atoms with Crippen molar-refractivity contribution in [2.75, 3.05) is 13.7 Å². The molecule has 0 aliphatic heterocycles. The van der Waals surface area contributed by atoms with Crippen LogP contribution in [0, 0.1) is 0 Å². The molecule has 0 saturated heterocycles. The quantitative estimate of drug-likeness (QED) is 0.749. The minimum absolute atomic E-state index is 0.325. The molecule has 0 aromatic heterocycles. The summed E-state index contributed by atoms with van der Waals surface area (Å²) in [5.74, 6) is 0.861. The third kappa shape index (κ3) is 3.01. The van der Waals surface area contributed by atoms with Crippen molar-refractivity contribution in [3.63, 3.8) is 0 Å². The van der Waals surface area contributed by atoms with Crippen molar-refractivity contribution in [1.82, 2.24) is 0 Å². The summed E-state index contributed by atoms with van der Waals surface area (Å²) in [6.45, 7) is 2.44. The molecule has 0 bridgehead atoms. The second-order valence-corrected chi connectivity index (χ2v) is 3.88. The van der Waals surface area contributed by atoms with Gasteiger partial charge in [-0.15, -0.1) is 0 Å². The Morgan fingerprint density at radius 1 is 1.29 bits per heavy atom.